The lowest BCUT2D eigenvalue weighted by atomic mass is 9.87. The van der Waals surface area contributed by atoms with Gasteiger partial charge in [-0.2, -0.15) is 11.8 Å². The van der Waals surface area contributed by atoms with E-state index in [1.165, 1.54) is 5.56 Å². The average molecular weight is 332 g/mol. The SMILES string of the molecule is CC(C)(C)c1ccc(NC(=O)NCCSCc2ccco2)cc1. The van der Waals surface area contributed by atoms with Crippen molar-refractivity contribution in [2.75, 3.05) is 17.6 Å². The molecule has 1 aromatic carbocycles. The first kappa shape index (κ1) is 17.5. The van der Waals surface area contributed by atoms with E-state index in [2.05, 4.69) is 43.5 Å². The predicted molar refractivity (Wildman–Crippen MR) is 97.0 cm³/mol. The second-order valence-electron chi connectivity index (χ2n) is 6.34. The van der Waals surface area contributed by atoms with Gasteiger partial charge in [0, 0.05) is 18.0 Å². The molecule has 0 aliphatic rings. The summed E-state index contributed by atoms with van der Waals surface area (Å²) in [6.07, 6.45) is 1.67. The van der Waals surface area contributed by atoms with E-state index in [9.17, 15) is 4.79 Å². The normalized spacial score (nSPS) is 11.3. The summed E-state index contributed by atoms with van der Waals surface area (Å²) in [6.45, 7) is 7.13. The number of amides is 2. The van der Waals surface area contributed by atoms with Gasteiger partial charge in [0.25, 0.3) is 0 Å². The van der Waals surface area contributed by atoms with Gasteiger partial charge in [-0.15, -0.1) is 0 Å². The number of rotatable bonds is 6. The zero-order valence-corrected chi connectivity index (χ0v) is 14.7. The van der Waals surface area contributed by atoms with Gasteiger partial charge in [-0.25, -0.2) is 4.79 Å². The second kappa shape index (κ2) is 8.11. The fourth-order valence-corrected chi connectivity index (χ4v) is 2.79. The van der Waals surface area contributed by atoms with Crippen molar-refractivity contribution >= 4 is 23.5 Å². The second-order valence-corrected chi connectivity index (χ2v) is 7.45. The molecule has 0 aliphatic heterocycles. The van der Waals surface area contributed by atoms with Crippen LogP contribution in [0.5, 0.6) is 0 Å². The number of benzene rings is 1. The Kier molecular flexibility index (Phi) is 6.16. The number of carbonyl (C=O) groups is 1. The van der Waals surface area contributed by atoms with Crippen LogP contribution in [-0.4, -0.2) is 18.3 Å². The molecule has 2 rings (SSSR count). The van der Waals surface area contributed by atoms with E-state index in [4.69, 9.17) is 4.42 Å². The maximum absolute atomic E-state index is 11.8. The molecule has 0 atom stereocenters. The topological polar surface area (TPSA) is 54.3 Å². The van der Waals surface area contributed by atoms with Crippen LogP contribution in [-0.2, 0) is 11.2 Å². The molecule has 1 aromatic heterocycles. The molecular weight excluding hydrogens is 308 g/mol. The molecule has 0 bridgehead atoms. The number of carbonyl (C=O) groups excluding carboxylic acids is 1. The molecule has 0 radical (unpaired) electrons. The van der Waals surface area contributed by atoms with Gasteiger partial charge in [0.05, 0.1) is 12.0 Å². The number of nitrogens with one attached hydrogen (secondary N) is 2. The molecule has 1 heterocycles. The van der Waals surface area contributed by atoms with Crippen LogP contribution in [0.25, 0.3) is 0 Å². The van der Waals surface area contributed by atoms with Gasteiger partial charge in [0.15, 0.2) is 0 Å². The van der Waals surface area contributed by atoms with Crippen LogP contribution in [0.2, 0.25) is 0 Å². The van der Waals surface area contributed by atoms with Gasteiger partial charge >= 0.3 is 6.03 Å². The average Bonchev–Trinajstić information content (AvgIpc) is 3.00. The summed E-state index contributed by atoms with van der Waals surface area (Å²) in [6, 6.07) is 11.6. The standard InChI is InChI=1S/C18H24N2O2S/c1-18(2,3)14-6-8-15(9-7-14)20-17(21)19-10-12-23-13-16-5-4-11-22-16/h4-9,11H,10,12-13H2,1-3H3,(H2,19,20,21). The Bertz CT molecular complexity index is 601. The summed E-state index contributed by atoms with van der Waals surface area (Å²) in [5.41, 5.74) is 2.17. The van der Waals surface area contributed by atoms with Crippen LogP contribution in [0, 0.1) is 0 Å². The molecule has 2 aromatic rings. The smallest absolute Gasteiger partial charge is 0.319 e. The summed E-state index contributed by atoms with van der Waals surface area (Å²) >= 11 is 1.73. The van der Waals surface area contributed by atoms with Crippen LogP contribution < -0.4 is 10.6 Å². The largest absolute Gasteiger partial charge is 0.468 e. The predicted octanol–water partition coefficient (Wildman–Crippen LogP) is 4.63. The lowest BCUT2D eigenvalue weighted by Crippen LogP contribution is -2.30. The van der Waals surface area contributed by atoms with E-state index in [1.54, 1.807) is 18.0 Å². The van der Waals surface area contributed by atoms with Crippen LogP contribution in [0.4, 0.5) is 10.5 Å². The molecule has 0 unspecified atom stereocenters. The fraction of sp³-hybridized carbons (Fsp3) is 0.389. The number of hydrogen-bond donors (Lipinski definition) is 2. The molecule has 124 valence electrons. The van der Waals surface area contributed by atoms with E-state index in [-0.39, 0.29) is 11.4 Å². The molecule has 4 nitrogen and oxygen atoms in total. The van der Waals surface area contributed by atoms with Gasteiger partial charge in [-0.05, 0) is 35.2 Å². The van der Waals surface area contributed by atoms with E-state index in [1.807, 2.05) is 24.3 Å². The third-order valence-electron chi connectivity index (χ3n) is 3.37. The first-order chi connectivity index (χ1) is 10.9. The summed E-state index contributed by atoms with van der Waals surface area (Å²) < 4.78 is 5.25. The Balaban J connectivity index is 1.66. The van der Waals surface area contributed by atoms with Crippen molar-refractivity contribution in [1.82, 2.24) is 5.32 Å². The highest BCUT2D eigenvalue weighted by atomic mass is 32.2. The molecule has 23 heavy (non-hydrogen) atoms. The Hall–Kier alpha value is -1.88. The van der Waals surface area contributed by atoms with Crippen molar-refractivity contribution in [3.63, 3.8) is 0 Å². The number of thioether (sulfide) groups is 1. The lowest BCUT2D eigenvalue weighted by Gasteiger charge is -2.19. The molecule has 0 fully saturated rings. The molecule has 0 saturated heterocycles. The monoisotopic (exact) mass is 332 g/mol. The van der Waals surface area contributed by atoms with Gasteiger partial charge in [0.2, 0.25) is 0 Å². The Morgan fingerprint density at radius 2 is 1.91 bits per heavy atom. The molecule has 0 spiro atoms. The Labute approximate surface area is 142 Å². The number of urea groups is 1. The highest BCUT2D eigenvalue weighted by molar-refractivity contribution is 7.98. The number of furan rings is 1. The van der Waals surface area contributed by atoms with Gasteiger partial charge in [-0.3, -0.25) is 0 Å². The number of hydrogen-bond acceptors (Lipinski definition) is 3. The maximum Gasteiger partial charge on any atom is 0.319 e. The third-order valence-corrected chi connectivity index (χ3v) is 4.35. The number of anilines is 1. The van der Waals surface area contributed by atoms with Gasteiger partial charge in [-0.1, -0.05) is 32.9 Å². The zero-order valence-electron chi connectivity index (χ0n) is 13.9. The van der Waals surface area contributed by atoms with Crippen molar-refractivity contribution in [3.8, 4) is 0 Å². The Morgan fingerprint density at radius 3 is 2.52 bits per heavy atom. The van der Waals surface area contributed by atoms with E-state index in [0.29, 0.717) is 6.54 Å². The highest BCUT2D eigenvalue weighted by Crippen LogP contribution is 2.23. The molecule has 2 N–H and O–H groups in total. The van der Waals surface area contributed by atoms with Crippen molar-refractivity contribution in [2.45, 2.75) is 31.9 Å². The van der Waals surface area contributed by atoms with Crippen LogP contribution in [0.3, 0.4) is 0 Å². The third kappa shape index (κ3) is 6.02. The summed E-state index contributed by atoms with van der Waals surface area (Å²) in [5.74, 6) is 2.63. The van der Waals surface area contributed by atoms with Crippen LogP contribution in [0.15, 0.2) is 47.1 Å². The molecule has 0 saturated carbocycles. The Morgan fingerprint density at radius 1 is 1.17 bits per heavy atom. The highest BCUT2D eigenvalue weighted by Gasteiger charge is 2.13. The quantitative estimate of drug-likeness (QED) is 0.758. The van der Waals surface area contributed by atoms with Crippen molar-refractivity contribution < 1.29 is 9.21 Å². The van der Waals surface area contributed by atoms with Crippen LogP contribution in [0.1, 0.15) is 32.1 Å². The first-order valence-corrected chi connectivity index (χ1v) is 8.86. The summed E-state index contributed by atoms with van der Waals surface area (Å²) in [4.78, 5) is 11.8. The first-order valence-electron chi connectivity index (χ1n) is 7.71. The van der Waals surface area contributed by atoms with Gasteiger partial charge in [0.1, 0.15) is 5.76 Å². The summed E-state index contributed by atoms with van der Waals surface area (Å²) in [5, 5.41) is 5.70. The minimum atomic E-state index is -0.174. The fourth-order valence-electron chi connectivity index (χ4n) is 2.03. The van der Waals surface area contributed by atoms with Crippen LogP contribution >= 0.6 is 11.8 Å². The van der Waals surface area contributed by atoms with Crippen molar-refractivity contribution in [2.24, 2.45) is 0 Å². The maximum atomic E-state index is 11.8. The molecule has 2 amide bonds. The molecule has 5 heteroatoms. The van der Waals surface area contributed by atoms with Crippen molar-refractivity contribution in [1.29, 1.82) is 0 Å². The minimum Gasteiger partial charge on any atom is -0.468 e. The summed E-state index contributed by atoms with van der Waals surface area (Å²) in [7, 11) is 0. The van der Waals surface area contributed by atoms with Gasteiger partial charge < -0.3 is 15.1 Å². The molecular formula is C18H24N2O2S. The van der Waals surface area contributed by atoms with Crippen molar-refractivity contribution in [3.05, 3.63) is 54.0 Å². The molecule has 0 aliphatic carbocycles. The zero-order chi connectivity index (χ0) is 16.7. The van der Waals surface area contributed by atoms with E-state index in [0.717, 1.165) is 23.0 Å². The van der Waals surface area contributed by atoms with E-state index < -0.39 is 0 Å². The van der Waals surface area contributed by atoms with E-state index >= 15 is 0 Å². The lowest BCUT2D eigenvalue weighted by molar-refractivity contribution is 0.252. The minimum absolute atomic E-state index is 0.117.